The lowest BCUT2D eigenvalue weighted by atomic mass is 9.98. The van der Waals surface area contributed by atoms with Crippen molar-refractivity contribution in [1.29, 1.82) is 0 Å². The fourth-order valence-corrected chi connectivity index (χ4v) is 6.32. The van der Waals surface area contributed by atoms with Gasteiger partial charge in [-0.1, -0.05) is 133 Å². The molecule has 8 aromatic rings. The average molecular weight is 591 g/mol. The predicted molar refractivity (Wildman–Crippen MR) is 191 cm³/mol. The van der Waals surface area contributed by atoms with Crippen LogP contribution < -0.4 is 5.69 Å². The van der Waals surface area contributed by atoms with Gasteiger partial charge in [-0.2, -0.15) is 0 Å². The minimum absolute atomic E-state index is 0.116. The van der Waals surface area contributed by atoms with Gasteiger partial charge in [0.1, 0.15) is 0 Å². The van der Waals surface area contributed by atoms with Crippen molar-refractivity contribution in [3.8, 4) is 55.9 Å². The third-order valence-electron chi connectivity index (χ3n) is 8.53. The van der Waals surface area contributed by atoms with Crippen molar-refractivity contribution in [2.45, 2.75) is 0 Å². The van der Waals surface area contributed by atoms with E-state index < -0.39 is 0 Å². The van der Waals surface area contributed by atoms with Crippen LogP contribution in [0.1, 0.15) is 0 Å². The molecule has 7 aromatic carbocycles. The highest BCUT2D eigenvalue weighted by Gasteiger charge is 2.19. The molecule has 0 fully saturated rings. The van der Waals surface area contributed by atoms with Crippen LogP contribution in [0.3, 0.4) is 0 Å². The fraction of sp³-hybridized carbons (Fsp3) is 0. The van der Waals surface area contributed by atoms with Crippen LogP contribution in [0.4, 0.5) is 0 Å². The molecule has 0 saturated heterocycles. The molecule has 1 aromatic heterocycles. The number of benzene rings is 7. The molecule has 0 amide bonds. The first-order valence-electron chi connectivity index (χ1n) is 15.5. The molecule has 0 saturated carbocycles. The van der Waals surface area contributed by atoms with E-state index in [9.17, 15) is 4.79 Å². The van der Waals surface area contributed by atoms with Crippen molar-refractivity contribution in [3.05, 3.63) is 192 Å². The van der Waals surface area contributed by atoms with Crippen molar-refractivity contribution in [2.24, 2.45) is 0 Å². The van der Waals surface area contributed by atoms with Crippen molar-refractivity contribution >= 4 is 11.0 Å². The summed E-state index contributed by atoms with van der Waals surface area (Å²) >= 11 is 0. The molecule has 218 valence electrons. The Labute approximate surface area is 267 Å². The number of fused-ring (bicyclic) bond motifs is 1. The zero-order valence-corrected chi connectivity index (χ0v) is 25.1. The van der Waals surface area contributed by atoms with Crippen molar-refractivity contribution < 1.29 is 0 Å². The Kier molecular flexibility index (Phi) is 6.97. The van der Waals surface area contributed by atoms with Gasteiger partial charge in [0.15, 0.2) is 0 Å². The maximum atomic E-state index is 14.8. The Morgan fingerprint density at radius 3 is 0.826 bits per heavy atom. The Hall–Kier alpha value is -6.19. The number of hydrogen-bond donors (Lipinski definition) is 0. The van der Waals surface area contributed by atoms with E-state index in [1.165, 1.54) is 0 Å². The van der Waals surface area contributed by atoms with Gasteiger partial charge in [0, 0.05) is 0 Å². The van der Waals surface area contributed by atoms with E-state index in [2.05, 4.69) is 84.9 Å². The summed E-state index contributed by atoms with van der Waals surface area (Å²) in [5.74, 6) is 0. The van der Waals surface area contributed by atoms with Crippen LogP contribution in [0.2, 0.25) is 0 Å². The van der Waals surface area contributed by atoms with Gasteiger partial charge >= 0.3 is 5.69 Å². The summed E-state index contributed by atoms with van der Waals surface area (Å²) in [4.78, 5) is 14.8. The minimum Gasteiger partial charge on any atom is -0.260 e. The van der Waals surface area contributed by atoms with E-state index in [0.717, 1.165) is 66.9 Å². The van der Waals surface area contributed by atoms with Gasteiger partial charge < -0.3 is 0 Å². The summed E-state index contributed by atoms with van der Waals surface area (Å²) in [6, 6.07) is 62.3. The molecule has 0 atom stereocenters. The number of rotatable bonds is 6. The number of nitrogens with zero attached hydrogens (tertiary/aromatic N) is 2. The van der Waals surface area contributed by atoms with E-state index >= 15 is 0 Å². The van der Waals surface area contributed by atoms with Gasteiger partial charge in [-0.15, -0.1) is 0 Å². The molecule has 0 unspecified atom stereocenters. The third-order valence-corrected chi connectivity index (χ3v) is 8.53. The third kappa shape index (κ3) is 5.04. The first-order valence-corrected chi connectivity index (χ1v) is 15.5. The quantitative estimate of drug-likeness (QED) is 0.189. The molecule has 3 nitrogen and oxygen atoms in total. The average Bonchev–Trinajstić information content (AvgIpc) is 3.44. The van der Waals surface area contributed by atoms with Crippen LogP contribution in [0, 0.1) is 0 Å². The van der Waals surface area contributed by atoms with Gasteiger partial charge in [-0.05, 0) is 93.0 Å². The molecular weight excluding hydrogens is 560 g/mol. The van der Waals surface area contributed by atoms with Crippen LogP contribution >= 0.6 is 0 Å². The number of aromatic nitrogens is 2. The normalized spacial score (nSPS) is 11.1. The second-order valence-corrected chi connectivity index (χ2v) is 11.4. The van der Waals surface area contributed by atoms with Gasteiger partial charge in [0.25, 0.3) is 0 Å². The summed E-state index contributed by atoms with van der Waals surface area (Å²) in [6.45, 7) is 0. The molecular formula is C43H30N2O. The fourth-order valence-electron chi connectivity index (χ4n) is 6.32. The Balaban J connectivity index is 1.39. The molecule has 1 heterocycles. The minimum atomic E-state index is -0.116. The first-order chi connectivity index (χ1) is 22.7. The number of para-hydroxylation sites is 2. The second kappa shape index (κ2) is 11.7. The highest BCUT2D eigenvalue weighted by atomic mass is 16.1. The van der Waals surface area contributed by atoms with Crippen LogP contribution in [0.15, 0.2) is 187 Å². The van der Waals surface area contributed by atoms with Crippen LogP contribution in [0.5, 0.6) is 0 Å². The number of imidazole rings is 1. The SMILES string of the molecule is O=c1n(-c2cc(-c3ccccc3)cc(-c3ccccc3)c2)c2ccccc2n1-c1cc(-c2ccccc2)cc(-c2ccccc2)c1. The highest BCUT2D eigenvalue weighted by Crippen LogP contribution is 2.33. The molecule has 46 heavy (non-hydrogen) atoms. The van der Waals surface area contributed by atoms with Crippen LogP contribution in [-0.4, -0.2) is 9.13 Å². The maximum Gasteiger partial charge on any atom is 0.338 e. The molecule has 0 N–H and O–H groups in total. The lowest BCUT2D eigenvalue weighted by Gasteiger charge is -2.12. The first kappa shape index (κ1) is 27.4. The molecule has 0 aliphatic carbocycles. The Bertz CT molecular complexity index is 2070. The zero-order valence-electron chi connectivity index (χ0n) is 25.1. The lowest BCUT2D eigenvalue weighted by molar-refractivity contribution is 0.931. The van der Waals surface area contributed by atoms with Crippen molar-refractivity contribution in [2.75, 3.05) is 0 Å². The number of hydrogen-bond acceptors (Lipinski definition) is 1. The van der Waals surface area contributed by atoms with Gasteiger partial charge in [0.05, 0.1) is 22.4 Å². The topological polar surface area (TPSA) is 26.9 Å². The van der Waals surface area contributed by atoms with E-state index in [1.807, 2.05) is 106 Å². The molecule has 0 aliphatic heterocycles. The van der Waals surface area contributed by atoms with Gasteiger partial charge in [-0.25, -0.2) is 4.79 Å². The zero-order chi connectivity index (χ0) is 30.9. The largest absolute Gasteiger partial charge is 0.338 e. The summed E-state index contributed by atoms with van der Waals surface area (Å²) in [6.07, 6.45) is 0. The Morgan fingerprint density at radius 1 is 0.283 bits per heavy atom. The van der Waals surface area contributed by atoms with Crippen LogP contribution in [-0.2, 0) is 0 Å². The monoisotopic (exact) mass is 590 g/mol. The molecule has 0 bridgehead atoms. The summed E-state index contributed by atoms with van der Waals surface area (Å²) in [5.41, 5.74) is 11.8. The smallest absolute Gasteiger partial charge is 0.260 e. The van der Waals surface area contributed by atoms with E-state index in [1.54, 1.807) is 0 Å². The van der Waals surface area contributed by atoms with Crippen molar-refractivity contribution in [3.63, 3.8) is 0 Å². The van der Waals surface area contributed by atoms with E-state index in [-0.39, 0.29) is 5.69 Å². The van der Waals surface area contributed by atoms with Crippen LogP contribution in [0.25, 0.3) is 66.9 Å². The van der Waals surface area contributed by atoms with Gasteiger partial charge in [-0.3, -0.25) is 9.13 Å². The predicted octanol–water partition coefficient (Wildman–Crippen LogP) is 10.4. The van der Waals surface area contributed by atoms with Crippen molar-refractivity contribution in [1.82, 2.24) is 9.13 Å². The standard InChI is InChI=1S/C43H30N2O/c46-43-44(39-27-35(31-15-5-1-6-16-31)25-36(28-39)32-17-7-2-8-18-32)41-23-13-14-24-42(41)45(43)40-29-37(33-19-9-3-10-20-33)26-38(30-40)34-21-11-4-12-22-34/h1-30H. The summed E-state index contributed by atoms with van der Waals surface area (Å²) in [5, 5.41) is 0. The van der Waals surface area contributed by atoms with E-state index in [0.29, 0.717) is 0 Å². The molecule has 0 radical (unpaired) electrons. The highest BCUT2D eigenvalue weighted by molar-refractivity contribution is 5.84. The summed E-state index contributed by atoms with van der Waals surface area (Å²) in [7, 11) is 0. The van der Waals surface area contributed by atoms with E-state index in [4.69, 9.17) is 0 Å². The Morgan fingerprint density at radius 2 is 0.543 bits per heavy atom. The molecule has 3 heteroatoms. The maximum absolute atomic E-state index is 14.8. The molecule has 0 spiro atoms. The summed E-state index contributed by atoms with van der Waals surface area (Å²) < 4.78 is 3.71. The second-order valence-electron chi connectivity index (χ2n) is 11.4. The molecule has 8 rings (SSSR count). The van der Waals surface area contributed by atoms with Gasteiger partial charge in [0.2, 0.25) is 0 Å². The molecule has 0 aliphatic rings. The lowest BCUT2D eigenvalue weighted by Crippen LogP contribution is -2.22.